The molecule has 27 heavy (non-hydrogen) atoms. The van der Waals surface area contributed by atoms with E-state index in [1.54, 1.807) is 18.0 Å². The first-order valence-corrected chi connectivity index (χ1v) is 8.91. The second-order valence-corrected chi connectivity index (χ2v) is 6.51. The zero-order valence-corrected chi connectivity index (χ0v) is 15.0. The van der Waals surface area contributed by atoms with Crippen LogP contribution in [-0.2, 0) is 16.0 Å². The van der Waals surface area contributed by atoms with Crippen LogP contribution in [0.15, 0.2) is 66.7 Å². The zero-order valence-electron chi connectivity index (χ0n) is 15.0. The van der Waals surface area contributed by atoms with Gasteiger partial charge < -0.3 is 15.0 Å². The SMILES string of the molecule is CNC(=O)[C@H]1CN(C(=O)Cc2cccc3ccccc23)c2ccccc2O1. The number of nitrogens with zero attached hydrogens (tertiary/aromatic N) is 1. The van der Waals surface area contributed by atoms with Crippen LogP contribution in [0.25, 0.3) is 10.8 Å². The average Bonchev–Trinajstić information content (AvgIpc) is 2.72. The molecule has 0 fully saturated rings. The lowest BCUT2D eigenvalue weighted by Crippen LogP contribution is -2.50. The van der Waals surface area contributed by atoms with Crippen molar-refractivity contribution in [3.63, 3.8) is 0 Å². The fourth-order valence-corrected chi connectivity index (χ4v) is 3.47. The number of hydrogen-bond donors (Lipinski definition) is 1. The van der Waals surface area contributed by atoms with Crippen molar-refractivity contribution in [2.75, 3.05) is 18.5 Å². The quantitative estimate of drug-likeness (QED) is 0.781. The number of carbonyl (C=O) groups is 2. The standard InChI is InChI=1S/C22H20N2O3/c1-23-22(26)20-14-24(18-11-4-5-12-19(18)27-20)21(25)13-16-9-6-8-15-7-2-3-10-17(15)16/h2-12,20H,13-14H2,1H3,(H,23,26)/t20-/m1/s1. The molecule has 1 aliphatic heterocycles. The summed E-state index contributed by atoms with van der Waals surface area (Å²) in [7, 11) is 1.56. The van der Waals surface area contributed by atoms with E-state index in [4.69, 9.17) is 4.74 Å². The maximum atomic E-state index is 13.2. The fourth-order valence-electron chi connectivity index (χ4n) is 3.47. The van der Waals surface area contributed by atoms with Crippen molar-refractivity contribution in [2.24, 2.45) is 0 Å². The first-order chi connectivity index (χ1) is 13.2. The summed E-state index contributed by atoms with van der Waals surface area (Å²) in [4.78, 5) is 26.9. The highest BCUT2D eigenvalue weighted by Crippen LogP contribution is 2.34. The number of ether oxygens (including phenoxy) is 1. The highest BCUT2D eigenvalue weighted by molar-refractivity contribution is 6.00. The lowest BCUT2D eigenvalue weighted by Gasteiger charge is -2.34. The summed E-state index contributed by atoms with van der Waals surface area (Å²) in [5, 5.41) is 4.77. The molecule has 1 aliphatic rings. The van der Waals surface area contributed by atoms with E-state index in [0.29, 0.717) is 11.4 Å². The average molecular weight is 360 g/mol. The molecule has 0 saturated heterocycles. The molecule has 5 heteroatoms. The van der Waals surface area contributed by atoms with E-state index >= 15 is 0 Å². The molecule has 136 valence electrons. The first-order valence-electron chi connectivity index (χ1n) is 8.91. The third-order valence-electron chi connectivity index (χ3n) is 4.84. The Bertz CT molecular complexity index is 1010. The smallest absolute Gasteiger partial charge is 0.262 e. The Morgan fingerprint density at radius 1 is 1.04 bits per heavy atom. The molecule has 0 saturated carbocycles. The monoisotopic (exact) mass is 360 g/mol. The molecule has 1 N–H and O–H groups in total. The third kappa shape index (κ3) is 3.24. The Labute approximate surface area is 157 Å². The molecule has 2 amide bonds. The van der Waals surface area contributed by atoms with Crippen molar-refractivity contribution in [3.05, 3.63) is 72.3 Å². The van der Waals surface area contributed by atoms with E-state index in [1.807, 2.05) is 60.7 Å². The van der Waals surface area contributed by atoms with Gasteiger partial charge >= 0.3 is 0 Å². The number of hydrogen-bond acceptors (Lipinski definition) is 3. The summed E-state index contributed by atoms with van der Waals surface area (Å²) >= 11 is 0. The topological polar surface area (TPSA) is 58.6 Å². The highest BCUT2D eigenvalue weighted by atomic mass is 16.5. The molecular weight excluding hydrogens is 340 g/mol. The van der Waals surface area contributed by atoms with Gasteiger partial charge in [0, 0.05) is 7.05 Å². The third-order valence-corrected chi connectivity index (χ3v) is 4.84. The Kier molecular flexibility index (Phi) is 4.50. The highest BCUT2D eigenvalue weighted by Gasteiger charge is 2.33. The van der Waals surface area contributed by atoms with E-state index in [1.165, 1.54) is 0 Å². The van der Waals surface area contributed by atoms with Gasteiger partial charge in [-0.15, -0.1) is 0 Å². The maximum absolute atomic E-state index is 13.2. The summed E-state index contributed by atoms with van der Waals surface area (Å²) in [5.74, 6) is 0.243. The molecule has 3 aromatic rings. The van der Waals surface area contributed by atoms with Gasteiger partial charge in [0.1, 0.15) is 5.75 Å². The lowest BCUT2D eigenvalue weighted by molar-refractivity contribution is -0.127. The van der Waals surface area contributed by atoms with Crippen LogP contribution < -0.4 is 15.0 Å². The van der Waals surface area contributed by atoms with Crippen LogP contribution in [0.4, 0.5) is 5.69 Å². The van der Waals surface area contributed by atoms with Gasteiger partial charge in [0.05, 0.1) is 18.7 Å². The van der Waals surface area contributed by atoms with E-state index in [2.05, 4.69) is 5.32 Å². The normalized spacial score (nSPS) is 15.7. The minimum atomic E-state index is -0.721. The lowest BCUT2D eigenvalue weighted by atomic mass is 10.0. The molecule has 0 unspecified atom stereocenters. The van der Waals surface area contributed by atoms with Crippen LogP contribution in [0.5, 0.6) is 5.75 Å². The summed E-state index contributed by atoms with van der Waals surface area (Å²) in [5.41, 5.74) is 1.67. The van der Waals surface area contributed by atoms with Crippen molar-refractivity contribution in [1.82, 2.24) is 5.32 Å². The molecule has 0 spiro atoms. The number of anilines is 1. The number of fused-ring (bicyclic) bond motifs is 2. The number of likely N-dealkylation sites (N-methyl/N-ethyl adjacent to an activating group) is 1. The van der Waals surface area contributed by atoms with E-state index in [9.17, 15) is 9.59 Å². The van der Waals surface area contributed by atoms with Crippen molar-refractivity contribution >= 4 is 28.3 Å². The number of para-hydroxylation sites is 2. The number of benzene rings is 3. The summed E-state index contributed by atoms with van der Waals surface area (Å²) in [6, 6.07) is 21.3. The fraction of sp³-hybridized carbons (Fsp3) is 0.182. The van der Waals surface area contributed by atoms with Crippen LogP contribution >= 0.6 is 0 Å². The molecule has 0 aromatic heterocycles. The van der Waals surface area contributed by atoms with Gasteiger partial charge in [-0.25, -0.2) is 0 Å². The van der Waals surface area contributed by atoms with Gasteiger partial charge in [0.2, 0.25) is 5.91 Å². The molecule has 3 aromatic carbocycles. The number of carbonyl (C=O) groups excluding carboxylic acids is 2. The Hall–Kier alpha value is -3.34. The predicted molar refractivity (Wildman–Crippen MR) is 105 cm³/mol. The molecule has 5 nitrogen and oxygen atoms in total. The van der Waals surface area contributed by atoms with Gasteiger partial charge in [-0.3, -0.25) is 9.59 Å². The number of amides is 2. The first kappa shape index (κ1) is 17.1. The second kappa shape index (κ2) is 7.11. The van der Waals surface area contributed by atoms with Gasteiger partial charge in [-0.1, -0.05) is 54.6 Å². The Morgan fingerprint density at radius 3 is 2.63 bits per heavy atom. The molecule has 1 heterocycles. The van der Waals surface area contributed by atoms with Crippen molar-refractivity contribution in [3.8, 4) is 5.75 Å². The molecule has 0 aliphatic carbocycles. The molecular formula is C22H20N2O3. The van der Waals surface area contributed by atoms with Crippen LogP contribution in [0.1, 0.15) is 5.56 Å². The minimum Gasteiger partial charge on any atom is -0.477 e. The molecule has 0 radical (unpaired) electrons. The Morgan fingerprint density at radius 2 is 1.78 bits per heavy atom. The van der Waals surface area contributed by atoms with Crippen LogP contribution in [0, 0.1) is 0 Å². The molecule has 0 bridgehead atoms. The van der Waals surface area contributed by atoms with Crippen molar-refractivity contribution in [1.29, 1.82) is 0 Å². The second-order valence-electron chi connectivity index (χ2n) is 6.51. The number of rotatable bonds is 3. The van der Waals surface area contributed by atoms with Crippen LogP contribution in [0.2, 0.25) is 0 Å². The summed E-state index contributed by atoms with van der Waals surface area (Å²) in [6.07, 6.45) is -0.461. The van der Waals surface area contributed by atoms with Crippen molar-refractivity contribution < 1.29 is 14.3 Å². The maximum Gasteiger partial charge on any atom is 0.262 e. The van der Waals surface area contributed by atoms with Gasteiger partial charge in [0.15, 0.2) is 6.10 Å². The van der Waals surface area contributed by atoms with Gasteiger partial charge in [0.25, 0.3) is 5.91 Å². The van der Waals surface area contributed by atoms with E-state index < -0.39 is 6.10 Å². The predicted octanol–water partition coefficient (Wildman–Crippen LogP) is 2.92. The van der Waals surface area contributed by atoms with Gasteiger partial charge in [-0.05, 0) is 28.5 Å². The minimum absolute atomic E-state index is 0.0593. The summed E-state index contributed by atoms with van der Waals surface area (Å²) in [6.45, 7) is 0.195. The largest absolute Gasteiger partial charge is 0.477 e. The summed E-state index contributed by atoms with van der Waals surface area (Å²) < 4.78 is 5.78. The molecule has 1 atom stereocenters. The van der Waals surface area contributed by atoms with E-state index in [-0.39, 0.29) is 24.8 Å². The Balaban J connectivity index is 1.67. The van der Waals surface area contributed by atoms with E-state index in [0.717, 1.165) is 16.3 Å². The van der Waals surface area contributed by atoms with Crippen LogP contribution in [-0.4, -0.2) is 31.5 Å². The van der Waals surface area contributed by atoms with Gasteiger partial charge in [-0.2, -0.15) is 0 Å². The molecule has 4 rings (SSSR count). The number of nitrogens with one attached hydrogen (secondary N) is 1. The zero-order chi connectivity index (χ0) is 18.8. The van der Waals surface area contributed by atoms with Crippen molar-refractivity contribution in [2.45, 2.75) is 12.5 Å². The van der Waals surface area contributed by atoms with Crippen LogP contribution in [0.3, 0.4) is 0 Å².